The maximum atomic E-state index is 11.6. The molecule has 10 heavy (non-hydrogen) atoms. The lowest BCUT2D eigenvalue weighted by molar-refractivity contribution is -0.163. The van der Waals surface area contributed by atoms with Gasteiger partial charge in [-0.15, -0.1) is 0 Å². The van der Waals surface area contributed by atoms with Gasteiger partial charge >= 0.3 is 6.18 Å². The van der Waals surface area contributed by atoms with Crippen LogP contribution in [-0.2, 0) is 0 Å². The molecule has 0 bridgehead atoms. The summed E-state index contributed by atoms with van der Waals surface area (Å²) in [4.78, 5) is 0. The highest BCUT2D eigenvalue weighted by atomic mass is 19.4. The van der Waals surface area contributed by atoms with Crippen LogP contribution in [0, 0.1) is 11.3 Å². The standard InChI is InChI=1S/C4H7F3N2O/c5-4(6,7)2(1-10)3(8)9/h2,10H,1H2,(H3,8,9). The maximum absolute atomic E-state index is 11.6. The number of nitrogens with two attached hydrogens (primary N) is 1. The Hall–Kier alpha value is -0.780. The van der Waals surface area contributed by atoms with Crippen LogP contribution in [0.15, 0.2) is 0 Å². The van der Waals surface area contributed by atoms with Crippen LogP contribution in [0.2, 0.25) is 0 Å². The van der Waals surface area contributed by atoms with Crippen molar-refractivity contribution in [2.24, 2.45) is 11.7 Å². The zero-order valence-electron chi connectivity index (χ0n) is 4.94. The van der Waals surface area contributed by atoms with Crippen molar-refractivity contribution in [3.05, 3.63) is 0 Å². The van der Waals surface area contributed by atoms with Gasteiger partial charge < -0.3 is 10.8 Å². The van der Waals surface area contributed by atoms with Gasteiger partial charge in [0, 0.05) is 0 Å². The number of halogens is 3. The van der Waals surface area contributed by atoms with Gasteiger partial charge in [0.25, 0.3) is 0 Å². The van der Waals surface area contributed by atoms with E-state index in [1.54, 1.807) is 0 Å². The van der Waals surface area contributed by atoms with Gasteiger partial charge in [0.1, 0.15) is 11.8 Å². The van der Waals surface area contributed by atoms with Gasteiger partial charge in [0.2, 0.25) is 0 Å². The van der Waals surface area contributed by atoms with Crippen molar-refractivity contribution in [3.8, 4) is 0 Å². The first-order chi connectivity index (χ1) is 4.39. The van der Waals surface area contributed by atoms with Crippen LogP contribution in [0.3, 0.4) is 0 Å². The predicted octanol–water partition coefficient (Wildman–Crippen LogP) is 0.0932. The van der Waals surface area contributed by atoms with Crippen LogP contribution in [-0.4, -0.2) is 23.7 Å². The summed E-state index contributed by atoms with van der Waals surface area (Å²) in [7, 11) is 0. The first kappa shape index (κ1) is 9.22. The third-order valence-electron chi connectivity index (χ3n) is 0.953. The van der Waals surface area contributed by atoms with Crippen molar-refractivity contribution in [2.45, 2.75) is 6.18 Å². The fourth-order valence-electron chi connectivity index (χ4n) is 0.378. The normalized spacial score (nSPS) is 14.8. The van der Waals surface area contributed by atoms with Crippen molar-refractivity contribution in [2.75, 3.05) is 6.61 Å². The Labute approximate surface area is 55.2 Å². The molecule has 0 aromatic carbocycles. The summed E-state index contributed by atoms with van der Waals surface area (Å²) in [5.74, 6) is -3.28. The molecule has 1 atom stereocenters. The third kappa shape index (κ3) is 2.22. The summed E-state index contributed by atoms with van der Waals surface area (Å²) >= 11 is 0. The van der Waals surface area contributed by atoms with Crippen LogP contribution >= 0.6 is 0 Å². The number of rotatable bonds is 2. The van der Waals surface area contributed by atoms with Crippen molar-refractivity contribution in [1.29, 1.82) is 5.41 Å². The SMILES string of the molecule is N=C(N)C(CO)C(F)(F)F. The number of aliphatic hydroxyl groups excluding tert-OH is 1. The molecule has 1 unspecified atom stereocenters. The third-order valence-corrected chi connectivity index (χ3v) is 0.953. The minimum atomic E-state index is -4.61. The van der Waals surface area contributed by atoms with Crippen LogP contribution < -0.4 is 5.73 Å². The summed E-state index contributed by atoms with van der Waals surface area (Å²) in [5, 5.41) is 14.5. The molecule has 0 aliphatic rings. The molecular weight excluding hydrogens is 149 g/mol. The summed E-state index contributed by atoms with van der Waals surface area (Å²) < 4.78 is 34.8. The lowest BCUT2D eigenvalue weighted by Crippen LogP contribution is -2.37. The van der Waals surface area contributed by atoms with Crippen LogP contribution in [0.5, 0.6) is 0 Å². The molecule has 6 heteroatoms. The highest BCUT2D eigenvalue weighted by molar-refractivity contribution is 5.80. The zero-order valence-corrected chi connectivity index (χ0v) is 4.94. The minimum Gasteiger partial charge on any atom is -0.395 e. The van der Waals surface area contributed by atoms with E-state index in [0.29, 0.717) is 0 Å². The molecule has 0 heterocycles. The maximum Gasteiger partial charge on any atom is 0.400 e. The average Bonchev–Trinajstić information content (AvgIpc) is 1.60. The number of hydrogen-bond acceptors (Lipinski definition) is 2. The summed E-state index contributed by atoms with van der Waals surface area (Å²) in [6.07, 6.45) is -4.61. The zero-order chi connectivity index (χ0) is 8.36. The highest BCUT2D eigenvalue weighted by Gasteiger charge is 2.41. The lowest BCUT2D eigenvalue weighted by Gasteiger charge is -2.15. The fraction of sp³-hybridized carbons (Fsp3) is 0.750. The van der Waals surface area contributed by atoms with Gasteiger partial charge in [-0.25, -0.2) is 0 Å². The lowest BCUT2D eigenvalue weighted by atomic mass is 10.1. The topological polar surface area (TPSA) is 70.1 Å². The quantitative estimate of drug-likeness (QED) is 0.391. The Morgan fingerprint density at radius 1 is 1.60 bits per heavy atom. The van der Waals surface area contributed by atoms with Crippen molar-refractivity contribution in [3.63, 3.8) is 0 Å². The molecule has 0 rings (SSSR count). The second-order valence-corrected chi connectivity index (χ2v) is 1.73. The molecule has 0 aliphatic carbocycles. The number of nitrogens with one attached hydrogen (secondary N) is 1. The van der Waals surface area contributed by atoms with Gasteiger partial charge in [-0.3, -0.25) is 5.41 Å². The van der Waals surface area contributed by atoms with E-state index in [9.17, 15) is 13.2 Å². The molecular formula is C4H7F3N2O. The smallest absolute Gasteiger partial charge is 0.395 e. The minimum absolute atomic E-state index is 1.06. The first-order valence-electron chi connectivity index (χ1n) is 2.41. The fourth-order valence-corrected chi connectivity index (χ4v) is 0.378. The Kier molecular flexibility index (Phi) is 2.65. The molecule has 4 N–H and O–H groups in total. The monoisotopic (exact) mass is 156 g/mol. The van der Waals surface area contributed by atoms with Crippen LogP contribution in [0.25, 0.3) is 0 Å². The van der Waals surface area contributed by atoms with E-state index >= 15 is 0 Å². The molecule has 3 nitrogen and oxygen atoms in total. The first-order valence-corrected chi connectivity index (χ1v) is 2.41. The second kappa shape index (κ2) is 2.87. The van der Waals surface area contributed by atoms with Crippen LogP contribution in [0.1, 0.15) is 0 Å². The number of hydrogen-bond donors (Lipinski definition) is 3. The van der Waals surface area contributed by atoms with Crippen molar-refractivity contribution < 1.29 is 18.3 Å². The van der Waals surface area contributed by atoms with E-state index in [2.05, 4.69) is 5.73 Å². The predicted molar refractivity (Wildman–Crippen MR) is 28.5 cm³/mol. The van der Waals surface area contributed by atoms with Gasteiger partial charge in [-0.05, 0) is 0 Å². The molecule has 0 amide bonds. The van der Waals surface area contributed by atoms with E-state index in [-0.39, 0.29) is 0 Å². The van der Waals surface area contributed by atoms with E-state index in [1.807, 2.05) is 0 Å². The van der Waals surface area contributed by atoms with Gasteiger partial charge in [0.15, 0.2) is 0 Å². The van der Waals surface area contributed by atoms with E-state index in [0.717, 1.165) is 0 Å². The Morgan fingerprint density at radius 3 is 2.00 bits per heavy atom. The number of amidine groups is 1. The largest absolute Gasteiger partial charge is 0.400 e. The summed E-state index contributed by atoms with van der Waals surface area (Å²) in [5.41, 5.74) is 4.54. The molecule has 0 radical (unpaired) electrons. The Bertz CT molecular complexity index is 133. The van der Waals surface area contributed by atoms with E-state index in [4.69, 9.17) is 10.5 Å². The van der Waals surface area contributed by atoms with Gasteiger partial charge in [0.05, 0.1) is 6.61 Å². The molecule has 0 aliphatic heterocycles. The molecule has 0 saturated carbocycles. The molecule has 0 spiro atoms. The van der Waals surface area contributed by atoms with Crippen molar-refractivity contribution >= 4 is 5.84 Å². The van der Waals surface area contributed by atoms with Crippen molar-refractivity contribution in [1.82, 2.24) is 0 Å². The average molecular weight is 156 g/mol. The summed E-state index contributed by atoms with van der Waals surface area (Å²) in [6, 6.07) is 0. The Balaban J connectivity index is 4.22. The second-order valence-electron chi connectivity index (χ2n) is 1.73. The Morgan fingerprint density at radius 2 is 2.00 bits per heavy atom. The van der Waals surface area contributed by atoms with Gasteiger partial charge in [-0.2, -0.15) is 13.2 Å². The molecule has 0 aromatic heterocycles. The molecule has 0 aromatic rings. The highest BCUT2D eigenvalue weighted by Crippen LogP contribution is 2.25. The molecule has 0 saturated heterocycles. The van der Waals surface area contributed by atoms with Gasteiger partial charge in [-0.1, -0.05) is 0 Å². The number of aliphatic hydroxyl groups is 1. The number of alkyl halides is 3. The summed E-state index contributed by atoms with van der Waals surface area (Å²) in [6.45, 7) is -1.17. The van der Waals surface area contributed by atoms with E-state index in [1.165, 1.54) is 0 Å². The van der Waals surface area contributed by atoms with Crippen LogP contribution in [0.4, 0.5) is 13.2 Å². The van der Waals surface area contributed by atoms with E-state index < -0.39 is 24.5 Å². The molecule has 60 valence electrons. The molecule has 0 fully saturated rings.